The van der Waals surface area contributed by atoms with Crippen LogP contribution in [0.2, 0.25) is 0 Å². The van der Waals surface area contributed by atoms with Crippen LogP contribution in [-0.2, 0) is 36.6 Å². The fourth-order valence-corrected chi connectivity index (χ4v) is 5.54. The molecule has 2 aromatic carbocycles. The fraction of sp³-hybridized carbons (Fsp3) is 0.267. The molecular weight excluding hydrogens is 469 g/mol. The molecule has 7 heteroatoms. The van der Waals surface area contributed by atoms with Crippen molar-refractivity contribution >= 4 is 10.9 Å². The van der Waals surface area contributed by atoms with Gasteiger partial charge in [-0.05, 0) is 42.2 Å². The van der Waals surface area contributed by atoms with Crippen LogP contribution in [0.4, 0.5) is 4.39 Å². The van der Waals surface area contributed by atoms with E-state index in [1.807, 2.05) is 37.3 Å². The average molecular weight is 498 g/mol. The van der Waals surface area contributed by atoms with Crippen LogP contribution in [0.15, 0.2) is 65.7 Å². The van der Waals surface area contributed by atoms with Gasteiger partial charge >= 0.3 is 0 Å². The molecule has 2 N–H and O–H groups in total. The van der Waals surface area contributed by atoms with Crippen LogP contribution in [0.3, 0.4) is 0 Å². The van der Waals surface area contributed by atoms with Crippen LogP contribution in [0.25, 0.3) is 22.3 Å². The molecule has 0 unspecified atom stereocenters. The first kappa shape index (κ1) is 23.6. The Kier molecular flexibility index (Phi) is 5.51. The largest absolute Gasteiger partial charge is 0.490 e. The number of aryl methyl sites for hydroxylation is 1. The third-order valence-electron chi connectivity index (χ3n) is 7.73. The minimum absolute atomic E-state index is 0.0667. The zero-order valence-corrected chi connectivity index (χ0v) is 20.9. The Hall–Kier alpha value is -3.81. The summed E-state index contributed by atoms with van der Waals surface area (Å²) >= 11 is 0. The number of pyridine rings is 2. The first-order valence-corrected chi connectivity index (χ1v) is 12.5. The van der Waals surface area contributed by atoms with Crippen molar-refractivity contribution in [2.24, 2.45) is 0 Å². The molecule has 188 valence electrons. The van der Waals surface area contributed by atoms with Crippen molar-refractivity contribution in [2.75, 3.05) is 0 Å². The van der Waals surface area contributed by atoms with Crippen molar-refractivity contribution < 1.29 is 14.2 Å². The van der Waals surface area contributed by atoms with Gasteiger partial charge in [0, 0.05) is 35.7 Å². The molecule has 1 atom stereocenters. The van der Waals surface area contributed by atoms with Crippen molar-refractivity contribution in [1.29, 1.82) is 0 Å². The lowest BCUT2D eigenvalue weighted by molar-refractivity contribution is -0.0172. The van der Waals surface area contributed by atoms with Crippen LogP contribution in [0, 0.1) is 12.7 Å². The van der Waals surface area contributed by atoms with Crippen molar-refractivity contribution in [2.45, 2.75) is 52.1 Å². The Labute approximate surface area is 214 Å². The highest BCUT2D eigenvalue weighted by Gasteiger charge is 2.41. The summed E-state index contributed by atoms with van der Waals surface area (Å²) in [4.78, 5) is 18.5. The molecule has 0 aliphatic carbocycles. The molecule has 0 bridgehead atoms. The predicted molar refractivity (Wildman–Crippen MR) is 140 cm³/mol. The number of halogens is 1. The zero-order chi connectivity index (χ0) is 25.9. The standard InChI is InChI=1S/C30H28FN3O3/c1-4-30(36)18(3)37-16-23-24(30)11-27-28-22(15-34(27)29(23)35)21(14-32-13-19-8-6-5-7-9-19)20-10-17(2)25(31)12-26(20)33-28/h5-12,32,36H,3-4,13-16H2,1-2H3/t30-/m1/s1. The van der Waals surface area contributed by atoms with E-state index in [9.17, 15) is 14.3 Å². The molecular formula is C30H28FN3O3. The third kappa shape index (κ3) is 3.61. The average Bonchev–Trinajstić information content (AvgIpc) is 3.26. The number of nitrogens with zero attached hydrogens (tertiary/aromatic N) is 2. The number of benzene rings is 2. The van der Waals surface area contributed by atoms with E-state index in [1.165, 1.54) is 6.07 Å². The number of hydrogen-bond donors (Lipinski definition) is 2. The van der Waals surface area contributed by atoms with E-state index in [-0.39, 0.29) is 23.7 Å². The monoisotopic (exact) mass is 497 g/mol. The van der Waals surface area contributed by atoms with Gasteiger partial charge in [0.05, 0.1) is 29.0 Å². The lowest BCUT2D eigenvalue weighted by atomic mass is 9.84. The summed E-state index contributed by atoms with van der Waals surface area (Å²) in [5.41, 5.74) is 4.71. The number of nitrogens with one attached hydrogen (secondary N) is 1. The van der Waals surface area contributed by atoms with E-state index >= 15 is 0 Å². The van der Waals surface area contributed by atoms with Gasteiger partial charge in [-0.25, -0.2) is 9.37 Å². The van der Waals surface area contributed by atoms with Gasteiger partial charge in [-0.3, -0.25) is 4.79 Å². The molecule has 6 nitrogen and oxygen atoms in total. The molecule has 0 saturated carbocycles. The molecule has 37 heavy (non-hydrogen) atoms. The van der Waals surface area contributed by atoms with Crippen molar-refractivity contribution in [3.63, 3.8) is 0 Å². The maximum Gasteiger partial charge on any atom is 0.258 e. The van der Waals surface area contributed by atoms with E-state index in [4.69, 9.17) is 9.72 Å². The van der Waals surface area contributed by atoms with Gasteiger partial charge in [0.2, 0.25) is 0 Å². The molecule has 0 fully saturated rings. The number of aliphatic hydroxyl groups is 1. The predicted octanol–water partition coefficient (Wildman–Crippen LogP) is 4.80. The van der Waals surface area contributed by atoms with Crippen molar-refractivity contribution in [3.8, 4) is 11.4 Å². The Morgan fingerprint density at radius 2 is 1.97 bits per heavy atom. The molecule has 0 spiro atoms. The van der Waals surface area contributed by atoms with Gasteiger partial charge in [0.1, 0.15) is 23.8 Å². The topological polar surface area (TPSA) is 76.4 Å². The van der Waals surface area contributed by atoms with Crippen LogP contribution >= 0.6 is 0 Å². The second-order valence-corrected chi connectivity index (χ2v) is 9.86. The van der Waals surface area contributed by atoms with Crippen LogP contribution in [-0.4, -0.2) is 14.7 Å². The number of aromatic nitrogens is 2. The van der Waals surface area contributed by atoms with Gasteiger partial charge in [0.15, 0.2) is 0 Å². The maximum atomic E-state index is 14.6. The van der Waals surface area contributed by atoms with E-state index in [0.29, 0.717) is 59.7 Å². The highest BCUT2D eigenvalue weighted by atomic mass is 19.1. The molecule has 2 aliphatic rings. The summed E-state index contributed by atoms with van der Waals surface area (Å²) in [6, 6.07) is 15.2. The van der Waals surface area contributed by atoms with Crippen LogP contribution in [0.1, 0.15) is 46.7 Å². The quantitative estimate of drug-likeness (QED) is 0.365. The summed E-state index contributed by atoms with van der Waals surface area (Å²) < 4.78 is 21.9. The smallest absolute Gasteiger partial charge is 0.258 e. The summed E-state index contributed by atoms with van der Waals surface area (Å²) in [5.74, 6) is -0.0855. The van der Waals surface area contributed by atoms with E-state index in [0.717, 1.165) is 22.1 Å². The second-order valence-electron chi connectivity index (χ2n) is 9.86. The number of ether oxygens (including phenoxy) is 1. The van der Waals surface area contributed by atoms with E-state index < -0.39 is 5.60 Å². The highest BCUT2D eigenvalue weighted by molar-refractivity contribution is 5.88. The third-order valence-corrected chi connectivity index (χ3v) is 7.73. The SMILES string of the molecule is C=C1OCc2c(cc3n(c2=O)Cc2c-3nc3cc(F)c(C)cc3c2CNCc2ccccc2)[C@@]1(O)CC. The first-order chi connectivity index (χ1) is 17.8. The molecule has 2 aliphatic heterocycles. The molecule has 0 radical (unpaired) electrons. The van der Waals surface area contributed by atoms with Crippen LogP contribution in [0.5, 0.6) is 0 Å². The molecule has 0 saturated heterocycles. The summed E-state index contributed by atoms with van der Waals surface area (Å²) in [6.07, 6.45) is 0.318. The van der Waals surface area contributed by atoms with Crippen molar-refractivity contribution in [3.05, 3.63) is 110 Å². The van der Waals surface area contributed by atoms with Crippen molar-refractivity contribution in [1.82, 2.24) is 14.9 Å². The summed E-state index contributed by atoms with van der Waals surface area (Å²) in [6.45, 7) is 9.08. The minimum Gasteiger partial charge on any atom is -0.490 e. The Morgan fingerprint density at radius 1 is 1.19 bits per heavy atom. The number of fused-ring (bicyclic) bond motifs is 5. The second kappa shape index (κ2) is 8.64. The van der Waals surface area contributed by atoms with Gasteiger partial charge in [-0.15, -0.1) is 0 Å². The number of hydrogen-bond acceptors (Lipinski definition) is 5. The zero-order valence-electron chi connectivity index (χ0n) is 20.9. The highest BCUT2D eigenvalue weighted by Crippen LogP contribution is 2.42. The van der Waals surface area contributed by atoms with Gasteiger partial charge < -0.3 is 19.7 Å². The summed E-state index contributed by atoms with van der Waals surface area (Å²) in [7, 11) is 0. The molecule has 4 aromatic rings. The summed E-state index contributed by atoms with van der Waals surface area (Å²) in [5, 5.41) is 15.8. The van der Waals surface area contributed by atoms with Gasteiger partial charge in [-0.1, -0.05) is 43.8 Å². The molecule has 0 amide bonds. The fourth-order valence-electron chi connectivity index (χ4n) is 5.54. The van der Waals surface area contributed by atoms with Crippen LogP contribution < -0.4 is 10.9 Å². The Morgan fingerprint density at radius 3 is 2.73 bits per heavy atom. The van der Waals surface area contributed by atoms with Gasteiger partial charge in [0.25, 0.3) is 5.56 Å². The molecule has 6 rings (SSSR count). The normalized spacial score (nSPS) is 17.9. The first-order valence-electron chi connectivity index (χ1n) is 12.5. The Bertz CT molecular complexity index is 1640. The number of rotatable bonds is 5. The molecule has 4 heterocycles. The minimum atomic E-state index is -1.45. The van der Waals surface area contributed by atoms with E-state index in [1.54, 1.807) is 11.5 Å². The van der Waals surface area contributed by atoms with Gasteiger partial charge in [-0.2, -0.15) is 0 Å². The lowest BCUT2D eigenvalue weighted by Crippen LogP contribution is -2.38. The van der Waals surface area contributed by atoms with E-state index in [2.05, 4.69) is 24.0 Å². The maximum absolute atomic E-state index is 14.6. The Balaban J connectivity index is 1.52. The molecule has 2 aromatic heterocycles. The lowest BCUT2D eigenvalue weighted by Gasteiger charge is -2.35.